The summed E-state index contributed by atoms with van der Waals surface area (Å²) < 4.78 is 21.9. The second-order valence-corrected chi connectivity index (χ2v) is 0.764. The van der Waals surface area contributed by atoms with E-state index in [0.717, 1.165) is 5.54 Å². The number of nitriles is 1. The van der Waals surface area contributed by atoms with Crippen LogP contribution in [-0.2, 0) is 0 Å². The third-order valence-electron chi connectivity index (χ3n) is 0.348. The second-order valence-electron chi connectivity index (χ2n) is 0.764. The molecule has 4 nitrogen and oxygen atoms in total. The van der Waals surface area contributed by atoms with Gasteiger partial charge < -0.3 is 0 Å². The Bertz CT molecular complexity index is 124. The lowest BCUT2D eigenvalue weighted by atomic mass is 11.0. The highest BCUT2D eigenvalue weighted by Gasteiger charge is 1.90. The van der Waals surface area contributed by atoms with Crippen LogP contribution in [-0.4, -0.2) is 5.96 Å². The van der Waals surface area contributed by atoms with Gasteiger partial charge in [0.15, 0.2) is 6.19 Å². The standard InChI is InChI=1S/C2H2F2N4/c3-7-2(8-4)6-1-5/h(H2,6,7,8). The average Bonchev–Trinajstić information content (AvgIpc) is 1.83. The van der Waals surface area contributed by atoms with Crippen molar-refractivity contribution in [3.63, 3.8) is 0 Å². The normalized spacial score (nSPS) is 9.88. The van der Waals surface area contributed by atoms with Crippen molar-refractivity contribution in [2.75, 3.05) is 0 Å². The molecule has 0 fully saturated rings. The molecule has 2 N–H and O–H groups in total. The fourth-order valence-corrected chi connectivity index (χ4v) is 0.114. The van der Waals surface area contributed by atoms with Crippen LogP contribution < -0.4 is 10.9 Å². The summed E-state index contributed by atoms with van der Waals surface area (Å²) in [5.41, 5.74) is 0.794. The molecule has 0 aromatic rings. The quantitative estimate of drug-likeness (QED) is 0.153. The van der Waals surface area contributed by atoms with E-state index in [2.05, 4.69) is 0 Å². The van der Waals surface area contributed by atoms with E-state index in [1.807, 2.05) is 0 Å². The van der Waals surface area contributed by atoms with Gasteiger partial charge in [0.2, 0.25) is 0 Å². The van der Waals surface area contributed by atoms with E-state index in [1.165, 1.54) is 6.19 Å². The number of hydrogen-bond donors (Lipinski definition) is 2. The topological polar surface area (TPSA) is 60.2 Å². The van der Waals surface area contributed by atoms with Gasteiger partial charge in [-0.15, -0.1) is 4.48 Å². The van der Waals surface area contributed by atoms with Crippen molar-refractivity contribution in [3.05, 3.63) is 0 Å². The summed E-state index contributed by atoms with van der Waals surface area (Å²) in [6.07, 6.45) is 1.25. The molecule has 0 aliphatic carbocycles. The summed E-state index contributed by atoms with van der Waals surface area (Å²) in [4.78, 5) is 0. The Labute approximate surface area is 43.7 Å². The fourth-order valence-electron chi connectivity index (χ4n) is 0.114. The minimum absolute atomic E-state index is 0.794. The Hall–Kier alpha value is -1.38. The van der Waals surface area contributed by atoms with E-state index >= 15 is 0 Å². The van der Waals surface area contributed by atoms with Crippen LogP contribution in [0, 0.1) is 11.5 Å². The number of nitrogens with zero attached hydrogens (tertiary/aromatic N) is 2. The van der Waals surface area contributed by atoms with Crippen LogP contribution in [0.2, 0.25) is 0 Å². The lowest BCUT2D eigenvalue weighted by Crippen LogP contribution is -2.27. The largest absolute Gasteiger partial charge is 0.268 e. The van der Waals surface area contributed by atoms with Crippen molar-refractivity contribution in [2.45, 2.75) is 0 Å². The number of halogens is 2. The van der Waals surface area contributed by atoms with Crippen molar-refractivity contribution in [3.8, 4) is 6.19 Å². The van der Waals surface area contributed by atoms with E-state index in [0.29, 0.717) is 0 Å². The molecule has 0 aromatic carbocycles. The maximum Gasteiger partial charge on any atom is 0.268 e. The van der Waals surface area contributed by atoms with E-state index in [4.69, 9.17) is 5.26 Å². The lowest BCUT2D eigenvalue weighted by Gasteiger charge is -1.89. The van der Waals surface area contributed by atoms with Gasteiger partial charge in [-0.3, -0.25) is 5.32 Å². The monoisotopic (exact) mass is 120 g/mol. The van der Waals surface area contributed by atoms with E-state index in [-0.39, 0.29) is 0 Å². The van der Waals surface area contributed by atoms with E-state index < -0.39 is 5.96 Å². The Morgan fingerprint density at radius 1 is 1.75 bits per heavy atom. The van der Waals surface area contributed by atoms with Gasteiger partial charge in [0.25, 0.3) is 5.96 Å². The Balaban J connectivity index is 3.59. The molecular weight excluding hydrogens is 118 g/mol. The number of guanidine groups is 1. The van der Waals surface area contributed by atoms with E-state index in [9.17, 15) is 8.96 Å². The van der Waals surface area contributed by atoms with Gasteiger partial charge in [-0.1, -0.05) is 4.48 Å². The zero-order valence-electron chi connectivity index (χ0n) is 3.65. The highest BCUT2D eigenvalue weighted by molar-refractivity contribution is 5.79. The first kappa shape index (κ1) is 6.62. The molecule has 0 aromatic heterocycles. The molecule has 0 unspecified atom stereocenters. The van der Waals surface area contributed by atoms with Crippen molar-refractivity contribution < 1.29 is 8.96 Å². The summed E-state index contributed by atoms with van der Waals surface area (Å²) in [6.45, 7) is 0. The molecule has 6 heteroatoms. The Morgan fingerprint density at radius 2 is 2.38 bits per heavy atom. The predicted octanol–water partition coefficient (Wildman–Crippen LogP) is -0.228. The van der Waals surface area contributed by atoms with Gasteiger partial charge in [0.1, 0.15) is 0 Å². The highest BCUT2D eigenvalue weighted by Crippen LogP contribution is 1.67. The van der Waals surface area contributed by atoms with Crippen molar-refractivity contribution >= 4 is 5.96 Å². The van der Waals surface area contributed by atoms with Crippen LogP contribution in [0.5, 0.6) is 0 Å². The third-order valence-corrected chi connectivity index (χ3v) is 0.348. The fraction of sp³-hybridized carbons (Fsp3) is 0. The van der Waals surface area contributed by atoms with Gasteiger partial charge in [-0.25, -0.2) is 0 Å². The molecule has 0 rings (SSSR count). The van der Waals surface area contributed by atoms with Crippen LogP contribution in [0.3, 0.4) is 0 Å². The van der Waals surface area contributed by atoms with Gasteiger partial charge in [0.05, 0.1) is 0 Å². The summed E-state index contributed by atoms with van der Waals surface area (Å²) >= 11 is 0. The maximum absolute atomic E-state index is 11.0. The van der Waals surface area contributed by atoms with Crippen LogP contribution >= 0.6 is 0 Å². The Morgan fingerprint density at radius 3 is 2.50 bits per heavy atom. The Kier molecular flexibility index (Phi) is 3.14. The second kappa shape index (κ2) is 3.80. The van der Waals surface area contributed by atoms with Gasteiger partial charge in [0, 0.05) is 0 Å². The summed E-state index contributed by atoms with van der Waals surface area (Å²) in [7, 11) is 0. The number of hydrogen-bond acceptors (Lipinski definition) is 2. The predicted molar refractivity (Wildman–Crippen MR) is 21.5 cm³/mol. The highest BCUT2D eigenvalue weighted by atomic mass is 19.2. The minimum Gasteiger partial charge on any atom is -0.259 e. The molecule has 0 spiro atoms. The minimum atomic E-state index is -0.854. The maximum atomic E-state index is 11.0. The third kappa shape index (κ3) is 1.92. The summed E-state index contributed by atoms with van der Waals surface area (Å²) in [5.74, 6) is -0.854. The van der Waals surface area contributed by atoms with Crippen molar-refractivity contribution in [2.24, 2.45) is 5.21 Å². The first-order valence-corrected chi connectivity index (χ1v) is 1.56. The lowest BCUT2D eigenvalue weighted by molar-refractivity contribution is 0.411. The first-order chi connectivity index (χ1) is 3.85. The van der Waals surface area contributed by atoms with Gasteiger partial charge in [-0.05, 0) is 5.21 Å². The zero-order chi connectivity index (χ0) is 6.41. The molecule has 0 saturated carbocycles. The van der Waals surface area contributed by atoms with Crippen molar-refractivity contribution in [1.82, 2.24) is 10.9 Å². The molecule has 0 atom stereocenters. The first-order valence-electron chi connectivity index (χ1n) is 1.56. The molecule has 0 aliphatic rings. The van der Waals surface area contributed by atoms with Gasteiger partial charge in [-0.2, -0.15) is 10.8 Å². The molecule has 0 aliphatic heterocycles. The van der Waals surface area contributed by atoms with Crippen molar-refractivity contribution in [1.29, 1.82) is 5.26 Å². The zero-order valence-corrected chi connectivity index (χ0v) is 3.65. The molecule has 0 amide bonds. The smallest absolute Gasteiger partial charge is 0.259 e. The molecule has 0 radical (unpaired) electrons. The molecule has 0 bridgehead atoms. The number of nitrogens with one attached hydrogen (secondary N) is 2. The SMILES string of the molecule is N#CNC(=NF)NF. The molecule has 0 saturated heterocycles. The molecule has 8 heavy (non-hydrogen) atoms. The molecule has 0 heterocycles. The van der Waals surface area contributed by atoms with Gasteiger partial charge >= 0.3 is 0 Å². The molecule has 44 valence electrons. The van der Waals surface area contributed by atoms with Crippen LogP contribution in [0.25, 0.3) is 0 Å². The summed E-state index contributed by atoms with van der Waals surface area (Å²) in [6, 6.07) is 0. The van der Waals surface area contributed by atoms with Crippen LogP contribution in [0.1, 0.15) is 0 Å². The number of rotatable bonds is 0. The summed E-state index contributed by atoms with van der Waals surface area (Å²) in [5, 5.41) is 11.1. The molecular formula is C2H2F2N4. The van der Waals surface area contributed by atoms with Crippen LogP contribution in [0.15, 0.2) is 5.21 Å². The average molecular weight is 120 g/mol. The van der Waals surface area contributed by atoms with E-state index in [1.54, 1.807) is 10.5 Å². The van der Waals surface area contributed by atoms with Crippen LogP contribution in [0.4, 0.5) is 8.96 Å².